The van der Waals surface area contributed by atoms with Gasteiger partial charge < -0.3 is 15.3 Å². The van der Waals surface area contributed by atoms with E-state index < -0.39 is 0 Å². The Morgan fingerprint density at radius 2 is 1.77 bits per heavy atom. The van der Waals surface area contributed by atoms with Crippen LogP contribution in [0.1, 0.15) is 18.1 Å². The highest BCUT2D eigenvalue weighted by molar-refractivity contribution is 6.29. The quantitative estimate of drug-likeness (QED) is 0.805. The van der Waals surface area contributed by atoms with Crippen LogP contribution >= 0.6 is 0 Å². The molecular formula is C22H26N2O2. The second-order valence-electron chi connectivity index (χ2n) is 5.86. The second kappa shape index (κ2) is 9.59. The number of ketones is 1. The summed E-state index contributed by atoms with van der Waals surface area (Å²) in [6.07, 6.45) is 3.39. The van der Waals surface area contributed by atoms with Crippen LogP contribution in [-0.4, -0.2) is 37.6 Å². The molecule has 2 aromatic carbocycles. The maximum atomic E-state index is 11.2. The lowest BCUT2D eigenvalue weighted by molar-refractivity contribution is -0.109. The van der Waals surface area contributed by atoms with Crippen molar-refractivity contribution in [1.82, 2.24) is 0 Å². The molecule has 4 heteroatoms. The predicted octanol–water partition coefficient (Wildman–Crippen LogP) is 3.84. The number of fused-ring (bicyclic) bond motifs is 1. The average molecular weight is 350 g/mol. The van der Waals surface area contributed by atoms with Gasteiger partial charge in [-0.05, 0) is 48.4 Å². The Hall–Kier alpha value is -2.85. The summed E-state index contributed by atoms with van der Waals surface area (Å²) >= 11 is 0. The number of allylic oxidation sites excluding steroid dienone is 2. The summed E-state index contributed by atoms with van der Waals surface area (Å²) in [4.78, 5) is 13.3. The van der Waals surface area contributed by atoms with Crippen molar-refractivity contribution in [2.24, 2.45) is 0 Å². The predicted molar refractivity (Wildman–Crippen MR) is 110 cm³/mol. The first-order valence-electron chi connectivity index (χ1n) is 8.75. The van der Waals surface area contributed by atoms with Crippen LogP contribution in [0.3, 0.4) is 0 Å². The highest BCUT2D eigenvalue weighted by Gasteiger charge is 2.13. The molecule has 2 N–H and O–H groups in total. The minimum absolute atomic E-state index is 0.00806. The third-order valence-corrected chi connectivity index (χ3v) is 4.27. The Morgan fingerprint density at radius 1 is 1.08 bits per heavy atom. The molecule has 1 aliphatic carbocycles. The zero-order valence-corrected chi connectivity index (χ0v) is 15.4. The third-order valence-electron chi connectivity index (χ3n) is 4.27. The van der Waals surface area contributed by atoms with E-state index in [9.17, 15) is 4.79 Å². The van der Waals surface area contributed by atoms with Crippen molar-refractivity contribution in [3.63, 3.8) is 0 Å². The van der Waals surface area contributed by atoms with E-state index in [-0.39, 0.29) is 12.4 Å². The van der Waals surface area contributed by atoms with E-state index in [0.717, 1.165) is 29.0 Å². The van der Waals surface area contributed by atoms with Crippen LogP contribution < -0.4 is 10.2 Å². The van der Waals surface area contributed by atoms with Crippen LogP contribution in [0.25, 0.3) is 11.6 Å². The third kappa shape index (κ3) is 4.83. The number of nitrogens with one attached hydrogen (secondary N) is 1. The lowest BCUT2D eigenvalue weighted by Gasteiger charge is -2.22. The van der Waals surface area contributed by atoms with Gasteiger partial charge in [-0.2, -0.15) is 0 Å². The summed E-state index contributed by atoms with van der Waals surface area (Å²) in [6.45, 7) is 7.62. The number of aliphatic hydroxyl groups is 1. The Kier molecular flexibility index (Phi) is 7.18. The van der Waals surface area contributed by atoms with Gasteiger partial charge in [-0.15, -0.1) is 0 Å². The smallest absolute Gasteiger partial charge is 0.185 e. The van der Waals surface area contributed by atoms with Crippen molar-refractivity contribution in [1.29, 1.82) is 0 Å². The molecule has 0 heterocycles. The maximum absolute atomic E-state index is 11.2. The Labute approximate surface area is 155 Å². The van der Waals surface area contributed by atoms with E-state index >= 15 is 0 Å². The van der Waals surface area contributed by atoms with Gasteiger partial charge in [-0.1, -0.05) is 36.9 Å². The van der Waals surface area contributed by atoms with Crippen LogP contribution in [0.4, 0.5) is 11.4 Å². The summed E-state index contributed by atoms with van der Waals surface area (Å²) in [7, 11) is 1.90. The molecule has 3 rings (SSSR count). The Balaban J connectivity index is 0.000000189. The monoisotopic (exact) mass is 350 g/mol. The highest BCUT2D eigenvalue weighted by Crippen LogP contribution is 2.24. The van der Waals surface area contributed by atoms with Gasteiger partial charge in [-0.3, -0.25) is 4.79 Å². The number of nitrogens with zero attached hydrogens (tertiary/aromatic N) is 1. The van der Waals surface area contributed by atoms with Crippen LogP contribution in [-0.2, 0) is 4.79 Å². The van der Waals surface area contributed by atoms with Crippen molar-refractivity contribution in [2.75, 3.05) is 37.0 Å². The van der Waals surface area contributed by atoms with Crippen molar-refractivity contribution in [3.8, 4) is 0 Å². The minimum atomic E-state index is 0.00806. The molecule has 0 aliphatic heterocycles. The molecule has 0 aromatic heterocycles. The molecular weight excluding hydrogens is 324 g/mol. The number of hydrogen-bond donors (Lipinski definition) is 2. The van der Waals surface area contributed by atoms with Gasteiger partial charge in [-0.25, -0.2) is 0 Å². The summed E-state index contributed by atoms with van der Waals surface area (Å²) in [5.74, 6) is 0.00806. The summed E-state index contributed by atoms with van der Waals surface area (Å²) in [5, 5.41) is 12.0. The molecule has 4 nitrogen and oxygen atoms in total. The first-order valence-corrected chi connectivity index (χ1v) is 8.75. The number of anilines is 2. The molecule has 0 unspecified atom stereocenters. The fraction of sp³-hybridized carbons (Fsp3) is 0.227. The summed E-state index contributed by atoms with van der Waals surface area (Å²) in [6, 6.07) is 16.0. The van der Waals surface area contributed by atoms with Crippen LogP contribution in [0.15, 0.2) is 61.2 Å². The number of carbonyl (C=O) groups is 1. The number of carbonyl (C=O) groups excluding carboxylic acids is 1. The molecule has 0 bridgehead atoms. The Morgan fingerprint density at radius 3 is 2.38 bits per heavy atom. The number of benzene rings is 2. The number of likely N-dealkylation sites (N-methyl/N-ethyl adjacent to an activating group) is 1. The fourth-order valence-electron chi connectivity index (χ4n) is 2.75. The van der Waals surface area contributed by atoms with Gasteiger partial charge in [0.15, 0.2) is 5.78 Å². The Bertz CT molecular complexity index is 779. The number of aliphatic hydroxyl groups excluding tert-OH is 1. The molecule has 0 spiro atoms. The van der Waals surface area contributed by atoms with Crippen LogP contribution in [0, 0.1) is 0 Å². The topological polar surface area (TPSA) is 52.6 Å². The maximum Gasteiger partial charge on any atom is 0.185 e. The molecule has 0 amide bonds. The SMILES string of the molecule is C=C1C(=O)C=Cc2ccccc21.CCN(CCO)c1ccc(NC)cc1. The average Bonchev–Trinajstić information content (AvgIpc) is 2.70. The molecule has 26 heavy (non-hydrogen) atoms. The van der Waals surface area contributed by atoms with Gasteiger partial charge in [0, 0.05) is 37.1 Å². The van der Waals surface area contributed by atoms with Gasteiger partial charge in [0.25, 0.3) is 0 Å². The molecule has 0 atom stereocenters. The number of hydrogen-bond acceptors (Lipinski definition) is 4. The van der Waals surface area contributed by atoms with E-state index in [1.54, 1.807) is 6.08 Å². The standard InChI is InChI=1S/C11H18N2O.C11H8O/c1-3-13(8-9-14)11-6-4-10(12-2)5-7-11;1-8-10-5-3-2-4-9(10)6-7-11(8)12/h4-7,12,14H,3,8-9H2,1-2H3;2-7H,1H2. The van der Waals surface area contributed by atoms with Crippen molar-refractivity contribution < 1.29 is 9.90 Å². The normalized spacial score (nSPS) is 12.1. The highest BCUT2D eigenvalue weighted by atomic mass is 16.3. The number of rotatable bonds is 5. The molecule has 1 aliphatic rings. The molecule has 0 radical (unpaired) electrons. The van der Waals surface area contributed by atoms with Gasteiger partial charge >= 0.3 is 0 Å². The van der Waals surface area contributed by atoms with E-state index in [4.69, 9.17) is 5.11 Å². The lowest BCUT2D eigenvalue weighted by Crippen LogP contribution is -2.25. The van der Waals surface area contributed by atoms with Crippen molar-refractivity contribution in [3.05, 3.63) is 72.3 Å². The van der Waals surface area contributed by atoms with E-state index in [0.29, 0.717) is 12.1 Å². The summed E-state index contributed by atoms with van der Waals surface area (Å²) in [5.41, 5.74) is 4.87. The molecule has 2 aromatic rings. The molecule has 0 saturated heterocycles. The first kappa shape index (κ1) is 19.5. The van der Waals surface area contributed by atoms with Crippen LogP contribution in [0.5, 0.6) is 0 Å². The fourth-order valence-corrected chi connectivity index (χ4v) is 2.75. The summed E-state index contributed by atoms with van der Waals surface area (Å²) < 4.78 is 0. The van der Waals surface area contributed by atoms with E-state index in [1.807, 2.05) is 49.5 Å². The van der Waals surface area contributed by atoms with Gasteiger partial charge in [0.2, 0.25) is 0 Å². The molecule has 136 valence electrons. The zero-order chi connectivity index (χ0) is 18.9. The van der Waals surface area contributed by atoms with Crippen molar-refractivity contribution >= 4 is 28.8 Å². The largest absolute Gasteiger partial charge is 0.395 e. The first-order chi connectivity index (χ1) is 12.6. The van der Waals surface area contributed by atoms with E-state index in [1.165, 1.54) is 0 Å². The second-order valence-corrected chi connectivity index (χ2v) is 5.86. The molecule has 0 fully saturated rings. The lowest BCUT2D eigenvalue weighted by atomic mass is 9.93. The minimum Gasteiger partial charge on any atom is -0.395 e. The van der Waals surface area contributed by atoms with E-state index in [2.05, 4.69) is 35.9 Å². The van der Waals surface area contributed by atoms with Gasteiger partial charge in [0.05, 0.1) is 6.61 Å². The molecule has 0 saturated carbocycles. The van der Waals surface area contributed by atoms with Crippen molar-refractivity contribution in [2.45, 2.75) is 6.92 Å². The van der Waals surface area contributed by atoms with Crippen LogP contribution in [0.2, 0.25) is 0 Å². The zero-order valence-electron chi connectivity index (χ0n) is 15.4. The van der Waals surface area contributed by atoms with Gasteiger partial charge in [0.1, 0.15) is 0 Å².